The quantitative estimate of drug-likeness (QED) is 0.758. The lowest BCUT2D eigenvalue weighted by Gasteiger charge is -2.27. The summed E-state index contributed by atoms with van der Waals surface area (Å²) in [5, 5.41) is 0. The van der Waals surface area contributed by atoms with Gasteiger partial charge in [0.15, 0.2) is 0 Å². The van der Waals surface area contributed by atoms with Crippen molar-refractivity contribution in [2.75, 3.05) is 36.6 Å². The van der Waals surface area contributed by atoms with Crippen molar-refractivity contribution in [2.45, 2.75) is 19.9 Å². The molecule has 6 nitrogen and oxygen atoms in total. The van der Waals surface area contributed by atoms with Gasteiger partial charge in [0.25, 0.3) is 0 Å². The molecule has 0 saturated heterocycles. The first-order chi connectivity index (χ1) is 7.54. The number of nitrogen functional groups attached to an aromatic ring is 2. The first kappa shape index (κ1) is 12.5. The van der Waals surface area contributed by atoms with Gasteiger partial charge < -0.3 is 21.1 Å². The third-order valence-corrected chi connectivity index (χ3v) is 2.20. The van der Waals surface area contributed by atoms with Crippen LogP contribution < -0.4 is 16.4 Å². The van der Waals surface area contributed by atoms with Crippen LogP contribution in [0.25, 0.3) is 0 Å². The summed E-state index contributed by atoms with van der Waals surface area (Å²) in [6.07, 6.45) is 0. The molecule has 0 spiro atoms. The van der Waals surface area contributed by atoms with Crippen molar-refractivity contribution < 1.29 is 4.74 Å². The molecular weight excluding hydrogens is 206 g/mol. The maximum atomic E-state index is 5.64. The van der Waals surface area contributed by atoms with Crippen LogP contribution in [0.5, 0.6) is 0 Å². The first-order valence-corrected chi connectivity index (χ1v) is 5.20. The van der Waals surface area contributed by atoms with Crippen LogP contribution in [-0.2, 0) is 4.74 Å². The van der Waals surface area contributed by atoms with Crippen molar-refractivity contribution >= 4 is 17.6 Å². The summed E-state index contributed by atoms with van der Waals surface area (Å²) in [5.74, 6) is 1.31. The fourth-order valence-corrected chi connectivity index (χ4v) is 1.45. The SMILES string of the molecule is COCCN(c1cc(N)nc(N)n1)C(C)C. The largest absolute Gasteiger partial charge is 0.383 e. The van der Waals surface area contributed by atoms with E-state index in [-0.39, 0.29) is 5.95 Å². The van der Waals surface area contributed by atoms with E-state index in [1.54, 1.807) is 13.2 Å². The van der Waals surface area contributed by atoms with Gasteiger partial charge in [0.2, 0.25) is 5.95 Å². The number of hydrogen-bond acceptors (Lipinski definition) is 6. The van der Waals surface area contributed by atoms with E-state index in [2.05, 4.69) is 28.7 Å². The third kappa shape index (κ3) is 3.23. The standard InChI is InChI=1S/C10H19N5O/c1-7(2)15(4-5-16-3)9-6-8(11)13-10(12)14-9/h6-7H,4-5H2,1-3H3,(H4,11,12,13,14). The van der Waals surface area contributed by atoms with Crippen LogP contribution in [0.1, 0.15) is 13.8 Å². The molecule has 16 heavy (non-hydrogen) atoms. The lowest BCUT2D eigenvalue weighted by atomic mass is 10.3. The highest BCUT2D eigenvalue weighted by Gasteiger charge is 2.13. The fourth-order valence-electron chi connectivity index (χ4n) is 1.45. The predicted molar refractivity (Wildman–Crippen MR) is 65.2 cm³/mol. The van der Waals surface area contributed by atoms with E-state index < -0.39 is 0 Å². The van der Waals surface area contributed by atoms with Gasteiger partial charge in [-0.05, 0) is 13.8 Å². The lowest BCUT2D eigenvalue weighted by molar-refractivity contribution is 0.203. The van der Waals surface area contributed by atoms with Gasteiger partial charge in [-0.25, -0.2) is 0 Å². The minimum atomic E-state index is 0.193. The molecule has 1 aromatic heterocycles. The number of methoxy groups -OCH3 is 1. The molecule has 0 aromatic carbocycles. The number of aromatic nitrogens is 2. The lowest BCUT2D eigenvalue weighted by Crippen LogP contribution is -2.34. The van der Waals surface area contributed by atoms with Gasteiger partial charge >= 0.3 is 0 Å². The van der Waals surface area contributed by atoms with E-state index in [9.17, 15) is 0 Å². The maximum Gasteiger partial charge on any atom is 0.223 e. The third-order valence-electron chi connectivity index (χ3n) is 2.20. The van der Waals surface area contributed by atoms with E-state index in [0.717, 1.165) is 12.4 Å². The van der Waals surface area contributed by atoms with E-state index in [1.165, 1.54) is 0 Å². The second-order valence-corrected chi connectivity index (χ2v) is 3.79. The van der Waals surface area contributed by atoms with Crippen molar-refractivity contribution in [3.05, 3.63) is 6.07 Å². The van der Waals surface area contributed by atoms with Crippen LogP contribution in [0.2, 0.25) is 0 Å². The average molecular weight is 225 g/mol. The molecule has 0 atom stereocenters. The number of nitrogens with two attached hydrogens (primary N) is 2. The predicted octanol–water partition coefficient (Wildman–Crippen LogP) is 0.502. The summed E-state index contributed by atoms with van der Waals surface area (Å²) in [6.45, 7) is 5.51. The molecule has 0 saturated carbocycles. The molecule has 0 radical (unpaired) electrons. The molecule has 0 amide bonds. The number of anilines is 3. The summed E-state index contributed by atoms with van der Waals surface area (Å²) >= 11 is 0. The van der Waals surface area contributed by atoms with Gasteiger partial charge in [-0.1, -0.05) is 0 Å². The maximum absolute atomic E-state index is 5.64. The minimum absolute atomic E-state index is 0.193. The zero-order chi connectivity index (χ0) is 12.1. The smallest absolute Gasteiger partial charge is 0.223 e. The van der Waals surface area contributed by atoms with Crippen molar-refractivity contribution in [1.82, 2.24) is 9.97 Å². The Labute approximate surface area is 95.6 Å². The molecule has 6 heteroatoms. The van der Waals surface area contributed by atoms with E-state index in [4.69, 9.17) is 16.2 Å². The second kappa shape index (κ2) is 5.50. The summed E-state index contributed by atoms with van der Waals surface area (Å²) < 4.78 is 5.06. The van der Waals surface area contributed by atoms with Crippen LogP contribution in [-0.4, -0.2) is 36.3 Å². The minimum Gasteiger partial charge on any atom is -0.383 e. The van der Waals surface area contributed by atoms with Crippen molar-refractivity contribution in [2.24, 2.45) is 0 Å². The number of rotatable bonds is 5. The second-order valence-electron chi connectivity index (χ2n) is 3.79. The van der Waals surface area contributed by atoms with Crippen LogP contribution in [0.15, 0.2) is 6.07 Å². The molecule has 1 rings (SSSR count). The number of hydrogen-bond donors (Lipinski definition) is 2. The summed E-state index contributed by atoms with van der Waals surface area (Å²) in [5.41, 5.74) is 11.2. The average Bonchev–Trinajstić information content (AvgIpc) is 2.16. The number of ether oxygens (including phenoxy) is 1. The van der Waals surface area contributed by atoms with Crippen LogP contribution >= 0.6 is 0 Å². The molecule has 1 aromatic rings. The number of nitrogens with zero attached hydrogens (tertiary/aromatic N) is 3. The van der Waals surface area contributed by atoms with Crippen LogP contribution in [0.4, 0.5) is 17.6 Å². The molecule has 0 unspecified atom stereocenters. The Morgan fingerprint density at radius 2 is 2.06 bits per heavy atom. The summed E-state index contributed by atoms with van der Waals surface area (Å²) in [6, 6.07) is 2.01. The Morgan fingerprint density at radius 3 is 2.56 bits per heavy atom. The normalized spacial score (nSPS) is 10.8. The Kier molecular flexibility index (Phi) is 4.30. The first-order valence-electron chi connectivity index (χ1n) is 5.20. The summed E-state index contributed by atoms with van der Waals surface area (Å²) in [4.78, 5) is 10.1. The van der Waals surface area contributed by atoms with Crippen molar-refractivity contribution in [1.29, 1.82) is 0 Å². The van der Waals surface area contributed by atoms with E-state index >= 15 is 0 Å². The zero-order valence-corrected chi connectivity index (χ0v) is 9.97. The van der Waals surface area contributed by atoms with Crippen LogP contribution in [0, 0.1) is 0 Å². The molecule has 0 aliphatic heterocycles. The zero-order valence-electron chi connectivity index (χ0n) is 9.97. The molecule has 0 aliphatic rings. The van der Waals surface area contributed by atoms with Gasteiger partial charge in [0.05, 0.1) is 6.61 Å². The monoisotopic (exact) mass is 225 g/mol. The molecule has 1 heterocycles. The van der Waals surface area contributed by atoms with Gasteiger partial charge in [0.1, 0.15) is 11.6 Å². The Hall–Kier alpha value is -1.56. The Bertz CT molecular complexity index is 322. The van der Waals surface area contributed by atoms with Crippen molar-refractivity contribution in [3.8, 4) is 0 Å². The van der Waals surface area contributed by atoms with Gasteiger partial charge in [-0.2, -0.15) is 9.97 Å². The van der Waals surface area contributed by atoms with Gasteiger partial charge in [0, 0.05) is 25.8 Å². The molecule has 90 valence electrons. The highest BCUT2D eigenvalue weighted by molar-refractivity contribution is 5.50. The summed E-state index contributed by atoms with van der Waals surface area (Å²) in [7, 11) is 1.67. The van der Waals surface area contributed by atoms with Crippen LogP contribution in [0.3, 0.4) is 0 Å². The van der Waals surface area contributed by atoms with E-state index in [1.807, 2.05) is 0 Å². The molecule has 0 fully saturated rings. The molecule has 0 aliphatic carbocycles. The van der Waals surface area contributed by atoms with E-state index in [0.29, 0.717) is 18.5 Å². The fraction of sp³-hybridized carbons (Fsp3) is 0.600. The van der Waals surface area contributed by atoms with Gasteiger partial charge in [-0.15, -0.1) is 0 Å². The highest BCUT2D eigenvalue weighted by Crippen LogP contribution is 2.17. The Morgan fingerprint density at radius 1 is 1.38 bits per heavy atom. The Balaban J connectivity index is 2.91. The molecule has 4 N–H and O–H groups in total. The van der Waals surface area contributed by atoms with Crippen molar-refractivity contribution in [3.63, 3.8) is 0 Å². The topological polar surface area (TPSA) is 90.3 Å². The molecule has 0 bridgehead atoms. The van der Waals surface area contributed by atoms with Gasteiger partial charge in [-0.3, -0.25) is 0 Å². The molecular formula is C10H19N5O. The highest BCUT2D eigenvalue weighted by atomic mass is 16.5.